The van der Waals surface area contributed by atoms with E-state index in [1.165, 1.54) is 18.2 Å². The van der Waals surface area contributed by atoms with Gasteiger partial charge >= 0.3 is 0 Å². The number of rotatable bonds is 3. The summed E-state index contributed by atoms with van der Waals surface area (Å²) in [5, 5.41) is 8.57. The van der Waals surface area contributed by atoms with Gasteiger partial charge in [0.25, 0.3) is 0 Å². The topological polar surface area (TPSA) is 57.9 Å². The first-order valence-corrected chi connectivity index (χ1v) is 7.77. The quantitative estimate of drug-likeness (QED) is 0.872. The molecule has 0 saturated heterocycles. The molecule has 102 valence electrons. The summed E-state index contributed by atoms with van der Waals surface area (Å²) in [5.74, 6) is -0.464. The Morgan fingerprint density at radius 3 is 2.45 bits per heavy atom. The first-order valence-electron chi connectivity index (χ1n) is 5.87. The Balaban J connectivity index is 2.48. The standard InChI is InChI=1S/C15H12FNO2S/c1-20(18,19)14-4-2-3-12(9-14)13-6-5-11(7-8-17)15(16)10-13/h2-6,9-10H,7H2,1H3. The average molecular weight is 289 g/mol. The molecule has 0 N–H and O–H groups in total. The minimum absolute atomic E-state index is 0.00942. The molecule has 0 amide bonds. The number of nitriles is 1. The first-order chi connectivity index (χ1) is 9.41. The molecule has 0 unspecified atom stereocenters. The number of sulfone groups is 1. The summed E-state index contributed by atoms with van der Waals surface area (Å²) in [6.45, 7) is 0. The van der Waals surface area contributed by atoms with Gasteiger partial charge in [-0.1, -0.05) is 24.3 Å². The molecule has 20 heavy (non-hydrogen) atoms. The SMILES string of the molecule is CS(=O)(=O)c1cccc(-c2ccc(CC#N)c(F)c2)c1. The van der Waals surface area contributed by atoms with Crippen molar-refractivity contribution in [1.29, 1.82) is 5.26 Å². The molecule has 0 radical (unpaired) electrons. The predicted octanol–water partition coefficient (Wildman–Crippen LogP) is 2.96. The van der Waals surface area contributed by atoms with Gasteiger partial charge in [-0.2, -0.15) is 5.26 Å². The monoisotopic (exact) mass is 289 g/mol. The van der Waals surface area contributed by atoms with E-state index >= 15 is 0 Å². The van der Waals surface area contributed by atoms with Crippen molar-refractivity contribution in [2.45, 2.75) is 11.3 Å². The van der Waals surface area contributed by atoms with Crippen LogP contribution in [-0.4, -0.2) is 14.7 Å². The number of hydrogen-bond acceptors (Lipinski definition) is 3. The molecule has 0 bridgehead atoms. The van der Waals surface area contributed by atoms with Crippen LogP contribution in [-0.2, 0) is 16.3 Å². The van der Waals surface area contributed by atoms with Gasteiger partial charge in [0.2, 0.25) is 0 Å². The molecule has 0 aromatic heterocycles. The van der Waals surface area contributed by atoms with Crippen LogP contribution in [0.3, 0.4) is 0 Å². The van der Waals surface area contributed by atoms with E-state index in [9.17, 15) is 12.8 Å². The second kappa shape index (κ2) is 5.43. The van der Waals surface area contributed by atoms with Gasteiger partial charge < -0.3 is 0 Å². The van der Waals surface area contributed by atoms with Crippen LogP contribution in [0.4, 0.5) is 4.39 Å². The molecular weight excluding hydrogens is 277 g/mol. The molecule has 2 aromatic carbocycles. The summed E-state index contributed by atoms with van der Waals surface area (Å²) in [6.07, 6.45) is 1.14. The smallest absolute Gasteiger partial charge is 0.175 e. The van der Waals surface area contributed by atoms with Crippen molar-refractivity contribution >= 4 is 9.84 Å². The Hall–Kier alpha value is -2.19. The second-order valence-electron chi connectivity index (χ2n) is 4.44. The molecular formula is C15H12FNO2S. The van der Waals surface area contributed by atoms with E-state index in [1.807, 2.05) is 6.07 Å². The summed E-state index contributed by atoms with van der Waals surface area (Å²) in [5.41, 5.74) is 1.53. The van der Waals surface area contributed by atoms with Gasteiger partial charge in [-0.15, -0.1) is 0 Å². The van der Waals surface area contributed by atoms with Gasteiger partial charge in [0.15, 0.2) is 9.84 Å². The Bertz CT molecular complexity index is 792. The van der Waals surface area contributed by atoms with Crippen molar-refractivity contribution in [2.75, 3.05) is 6.26 Å². The third-order valence-electron chi connectivity index (χ3n) is 2.92. The normalized spacial score (nSPS) is 11.1. The molecule has 0 saturated carbocycles. The molecule has 0 atom stereocenters. The zero-order valence-electron chi connectivity index (χ0n) is 10.8. The Morgan fingerprint density at radius 1 is 1.15 bits per heavy atom. The lowest BCUT2D eigenvalue weighted by Gasteiger charge is -2.06. The Labute approximate surface area is 117 Å². The van der Waals surface area contributed by atoms with Crippen molar-refractivity contribution in [3.63, 3.8) is 0 Å². The molecule has 0 aliphatic heterocycles. The summed E-state index contributed by atoms with van der Waals surface area (Å²) in [6, 6.07) is 12.8. The van der Waals surface area contributed by atoms with E-state index in [1.54, 1.807) is 24.3 Å². The van der Waals surface area contributed by atoms with Crippen LogP contribution in [0.15, 0.2) is 47.4 Å². The number of halogens is 1. The van der Waals surface area contributed by atoms with Gasteiger partial charge in [0.05, 0.1) is 17.4 Å². The van der Waals surface area contributed by atoms with Crippen molar-refractivity contribution in [3.8, 4) is 17.2 Å². The molecule has 0 aliphatic carbocycles. The molecule has 2 aromatic rings. The van der Waals surface area contributed by atoms with Crippen molar-refractivity contribution in [1.82, 2.24) is 0 Å². The summed E-state index contributed by atoms with van der Waals surface area (Å²) in [7, 11) is -3.30. The van der Waals surface area contributed by atoms with E-state index in [0.717, 1.165) is 6.26 Å². The van der Waals surface area contributed by atoms with Gasteiger partial charge in [0, 0.05) is 11.8 Å². The van der Waals surface area contributed by atoms with Crippen LogP contribution >= 0.6 is 0 Å². The van der Waals surface area contributed by atoms with Crippen LogP contribution in [0.25, 0.3) is 11.1 Å². The maximum atomic E-state index is 13.8. The molecule has 0 spiro atoms. The van der Waals surface area contributed by atoms with Crippen molar-refractivity contribution < 1.29 is 12.8 Å². The largest absolute Gasteiger partial charge is 0.224 e. The fourth-order valence-electron chi connectivity index (χ4n) is 1.86. The molecule has 5 heteroatoms. The summed E-state index contributed by atoms with van der Waals surface area (Å²) < 4.78 is 36.8. The van der Waals surface area contributed by atoms with E-state index in [-0.39, 0.29) is 11.3 Å². The fourth-order valence-corrected chi connectivity index (χ4v) is 2.53. The lowest BCUT2D eigenvalue weighted by Crippen LogP contribution is -1.97. The third-order valence-corrected chi connectivity index (χ3v) is 4.03. The van der Waals surface area contributed by atoms with E-state index < -0.39 is 15.7 Å². The molecule has 2 rings (SSSR count). The molecule has 0 aliphatic rings. The molecule has 0 fully saturated rings. The van der Waals surface area contributed by atoms with Crippen LogP contribution in [0.5, 0.6) is 0 Å². The maximum Gasteiger partial charge on any atom is 0.175 e. The predicted molar refractivity (Wildman–Crippen MR) is 74.3 cm³/mol. The van der Waals surface area contributed by atoms with Gasteiger partial charge in [0.1, 0.15) is 5.82 Å². The van der Waals surface area contributed by atoms with Crippen LogP contribution in [0.1, 0.15) is 5.56 Å². The minimum atomic E-state index is -3.30. The van der Waals surface area contributed by atoms with Crippen LogP contribution in [0.2, 0.25) is 0 Å². The zero-order valence-corrected chi connectivity index (χ0v) is 11.6. The summed E-state index contributed by atoms with van der Waals surface area (Å²) >= 11 is 0. The highest BCUT2D eigenvalue weighted by Gasteiger charge is 2.09. The van der Waals surface area contributed by atoms with E-state index in [0.29, 0.717) is 16.7 Å². The second-order valence-corrected chi connectivity index (χ2v) is 6.46. The molecule has 0 heterocycles. The fraction of sp³-hybridized carbons (Fsp3) is 0.133. The lowest BCUT2D eigenvalue weighted by molar-refractivity contribution is 0.602. The highest BCUT2D eigenvalue weighted by atomic mass is 32.2. The number of benzene rings is 2. The summed E-state index contributed by atoms with van der Waals surface area (Å²) in [4.78, 5) is 0.191. The number of nitrogens with zero attached hydrogens (tertiary/aromatic N) is 1. The minimum Gasteiger partial charge on any atom is -0.224 e. The molecule has 3 nitrogen and oxygen atoms in total. The lowest BCUT2D eigenvalue weighted by atomic mass is 10.0. The first kappa shape index (κ1) is 14.2. The third kappa shape index (κ3) is 3.03. The zero-order chi connectivity index (χ0) is 14.8. The highest BCUT2D eigenvalue weighted by molar-refractivity contribution is 7.90. The Morgan fingerprint density at radius 2 is 1.85 bits per heavy atom. The van der Waals surface area contributed by atoms with Crippen LogP contribution in [0, 0.1) is 17.1 Å². The van der Waals surface area contributed by atoms with Crippen molar-refractivity contribution in [3.05, 3.63) is 53.8 Å². The maximum absolute atomic E-state index is 13.8. The van der Waals surface area contributed by atoms with Crippen LogP contribution < -0.4 is 0 Å². The van der Waals surface area contributed by atoms with Crippen molar-refractivity contribution in [2.24, 2.45) is 0 Å². The van der Waals surface area contributed by atoms with E-state index in [2.05, 4.69) is 0 Å². The van der Waals surface area contributed by atoms with Gasteiger partial charge in [-0.25, -0.2) is 12.8 Å². The van der Waals surface area contributed by atoms with E-state index in [4.69, 9.17) is 5.26 Å². The average Bonchev–Trinajstić information content (AvgIpc) is 2.40. The highest BCUT2D eigenvalue weighted by Crippen LogP contribution is 2.24. The van der Waals surface area contributed by atoms with Gasteiger partial charge in [-0.05, 0) is 29.3 Å². The Kier molecular flexibility index (Phi) is 3.86. The number of hydrogen-bond donors (Lipinski definition) is 0. The van der Waals surface area contributed by atoms with Gasteiger partial charge in [-0.3, -0.25) is 0 Å².